The summed E-state index contributed by atoms with van der Waals surface area (Å²) in [5, 5.41) is 14.1. The molecule has 1 aliphatic rings. The molecule has 134 valence electrons. The number of nitro benzene ring substituents is 1. The molecule has 0 saturated heterocycles. The number of ether oxygens (including phenoxy) is 1. The molecule has 0 heterocycles. The summed E-state index contributed by atoms with van der Waals surface area (Å²) in [4.78, 5) is 23.0. The lowest BCUT2D eigenvalue weighted by Gasteiger charge is -2.31. The van der Waals surface area contributed by atoms with E-state index in [0.717, 1.165) is 25.7 Å². The first-order valence-electron chi connectivity index (χ1n) is 7.99. The fourth-order valence-corrected chi connectivity index (χ4v) is 3.01. The Balaban J connectivity index is 0.00000288. The fraction of sp³-hybridized carbons (Fsp3) is 0.562. The van der Waals surface area contributed by atoms with Gasteiger partial charge in [0, 0.05) is 17.7 Å². The van der Waals surface area contributed by atoms with Gasteiger partial charge in [0.15, 0.2) is 5.75 Å². The van der Waals surface area contributed by atoms with Gasteiger partial charge in [0.25, 0.3) is 5.91 Å². The second kappa shape index (κ2) is 9.44. The standard InChI is InChI=1S/C16H23N3O4.ClH/c1-2-23-15-8-7-11(9-14(15)19(21)22)16(20)18-13-6-4-3-5-12(13)10-17;/h7-9,12-13H,2-6,10,17H2,1H3,(H,18,20);1H. The summed E-state index contributed by atoms with van der Waals surface area (Å²) in [5.74, 6) is 0.137. The van der Waals surface area contributed by atoms with Crippen LogP contribution in [-0.2, 0) is 0 Å². The molecule has 7 nitrogen and oxygen atoms in total. The molecule has 8 heteroatoms. The molecule has 24 heavy (non-hydrogen) atoms. The maximum atomic E-state index is 12.4. The van der Waals surface area contributed by atoms with E-state index in [4.69, 9.17) is 10.5 Å². The number of carbonyl (C=O) groups is 1. The highest BCUT2D eigenvalue weighted by molar-refractivity contribution is 5.95. The van der Waals surface area contributed by atoms with Crippen molar-refractivity contribution in [2.24, 2.45) is 11.7 Å². The molecule has 0 radical (unpaired) electrons. The van der Waals surface area contributed by atoms with Crippen molar-refractivity contribution in [2.45, 2.75) is 38.6 Å². The third-order valence-corrected chi connectivity index (χ3v) is 4.25. The van der Waals surface area contributed by atoms with Crippen LogP contribution in [0.4, 0.5) is 5.69 Å². The topological polar surface area (TPSA) is 107 Å². The normalized spacial score (nSPS) is 19.9. The lowest BCUT2D eigenvalue weighted by Crippen LogP contribution is -2.44. The van der Waals surface area contributed by atoms with Crippen molar-refractivity contribution in [1.82, 2.24) is 5.32 Å². The van der Waals surface area contributed by atoms with Gasteiger partial charge in [0.1, 0.15) is 0 Å². The van der Waals surface area contributed by atoms with Crippen molar-refractivity contribution in [3.63, 3.8) is 0 Å². The summed E-state index contributed by atoms with van der Waals surface area (Å²) in [5.41, 5.74) is 5.84. The number of nitrogens with one attached hydrogen (secondary N) is 1. The van der Waals surface area contributed by atoms with Gasteiger partial charge in [-0.3, -0.25) is 14.9 Å². The Hall–Kier alpha value is -1.86. The summed E-state index contributed by atoms with van der Waals surface area (Å²) in [6.45, 7) is 2.61. The molecule has 1 fully saturated rings. The Bertz CT molecular complexity index is 582. The number of hydrogen-bond donors (Lipinski definition) is 2. The van der Waals surface area contributed by atoms with Crippen LogP contribution < -0.4 is 15.8 Å². The zero-order chi connectivity index (χ0) is 16.8. The van der Waals surface area contributed by atoms with Gasteiger partial charge < -0.3 is 15.8 Å². The number of nitro groups is 1. The van der Waals surface area contributed by atoms with E-state index >= 15 is 0 Å². The minimum Gasteiger partial charge on any atom is -0.487 e. The Kier molecular flexibility index (Phi) is 7.94. The Morgan fingerprint density at radius 1 is 1.42 bits per heavy atom. The average Bonchev–Trinajstić information content (AvgIpc) is 2.55. The van der Waals surface area contributed by atoms with Gasteiger partial charge in [-0.15, -0.1) is 12.4 Å². The van der Waals surface area contributed by atoms with Crippen molar-refractivity contribution >= 4 is 24.0 Å². The molecule has 0 bridgehead atoms. The SMILES string of the molecule is CCOc1ccc(C(=O)NC2CCCCC2CN)cc1[N+](=O)[O-].Cl. The summed E-state index contributed by atoms with van der Waals surface area (Å²) in [7, 11) is 0. The molecule has 3 N–H and O–H groups in total. The van der Waals surface area contributed by atoms with Crippen LogP contribution in [0.2, 0.25) is 0 Å². The van der Waals surface area contributed by atoms with Gasteiger partial charge >= 0.3 is 5.69 Å². The second-order valence-corrected chi connectivity index (χ2v) is 5.73. The first-order valence-corrected chi connectivity index (χ1v) is 7.99. The van der Waals surface area contributed by atoms with Gasteiger partial charge in [-0.2, -0.15) is 0 Å². The first-order chi connectivity index (χ1) is 11.1. The zero-order valence-electron chi connectivity index (χ0n) is 13.7. The fourth-order valence-electron chi connectivity index (χ4n) is 3.01. The van der Waals surface area contributed by atoms with E-state index in [0.29, 0.717) is 13.2 Å². The molecule has 1 aliphatic carbocycles. The van der Waals surface area contributed by atoms with Crippen molar-refractivity contribution in [1.29, 1.82) is 0 Å². The van der Waals surface area contributed by atoms with Crippen molar-refractivity contribution in [3.8, 4) is 5.75 Å². The maximum absolute atomic E-state index is 12.4. The highest BCUT2D eigenvalue weighted by Gasteiger charge is 2.26. The van der Waals surface area contributed by atoms with Gasteiger partial charge in [0.05, 0.1) is 11.5 Å². The average molecular weight is 358 g/mol. The molecule has 0 spiro atoms. The second-order valence-electron chi connectivity index (χ2n) is 5.73. The first kappa shape index (κ1) is 20.2. The van der Waals surface area contributed by atoms with E-state index in [1.807, 2.05) is 0 Å². The number of rotatable bonds is 6. The lowest BCUT2D eigenvalue weighted by molar-refractivity contribution is -0.385. The van der Waals surface area contributed by atoms with Crippen molar-refractivity contribution in [3.05, 3.63) is 33.9 Å². The predicted molar refractivity (Wildman–Crippen MR) is 93.8 cm³/mol. The summed E-state index contributed by atoms with van der Waals surface area (Å²) < 4.78 is 5.23. The number of hydrogen-bond acceptors (Lipinski definition) is 5. The lowest BCUT2D eigenvalue weighted by atomic mass is 9.84. The van der Waals surface area contributed by atoms with Crippen LogP contribution in [0.1, 0.15) is 43.0 Å². The van der Waals surface area contributed by atoms with Crippen LogP contribution in [-0.4, -0.2) is 30.0 Å². The third-order valence-electron chi connectivity index (χ3n) is 4.25. The van der Waals surface area contributed by atoms with Crippen LogP contribution in [0.15, 0.2) is 18.2 Å². The predicted octanol–water partition coefficient (Wildman–Crippen LogP) is 2.66. The van der Waals surface area contributed by atoms with Crippen LogP contribution in [0.5, 0.6) is 5.75 Å². The van der Waals surface area contributed by atoms with Gasteiger partial charge in [0.2, 0.25) is 0 Å². The zero-order valence-corrected chi connectivity index (χ0v) is 14.5. The van der Waals surface area contributed by atoms with Crippen LogP contribution in [0, 0.1) is 16.0 Å². The maximum Gasteiger partial charge on any atom is 0.311 e. The van der Waals surface area contributed by atoms with E-state index in [2.05, 4.69) is 5.32 Å². The number of halogens is 1. The number of amides is 1. The van der Waals surface area contributed by atoms with Gasteiger partial charge in [-0.05, 0) is 44.4 Å². The van der Waals surface area contributed by atoms with E-state index in [1.165, 1.54) is 12.1 Å². The minimum atomic E-state index is -0.537. The smallest absolute Gasteiger partial charge is 0.311 e. The Labute approximate surface area is 147 Å². The molecule has 2 atom stereocenters. The van der Waals surface area contributed by atoms with E-state index in [1.54, 1.807) is 13.0 Å². The van der Waals surface area contributed by atoms with Crippen LogP contribution in [0.25, 0.3) is 0 Å². The van der Waals surface area contributed by atoms with E-state index < -0.39 is 4.92 Å². The molecular weight excluding hydrogens is 334 g/mol. The number of nitrogens with zero attached hydrogens (tertiary/aromatic N) is 1. The number of nitrogens with two attached hydrogens (primary N) is 1. The molecule has 1 aromatic rings. The molecule has 2 unspecified atom stereocenters. The monoisotopic (exact) mass is 357 g/mol. The quantitative estimate of drug-likeness (QED) is 0.601. The largest absolute Gasteiger partial charge is 0.487 e. The van der Waals surface area contributed by atoms with E-state index in [-0.39, 0.29) is 47.3 Å². The summed E-state index contributed by atoms with van der Waals surface area (Å²) >= 11 is 0. The Morgan fingerprint density at radius 3 is 2.75 bits per heavy atom. The number of benzene rings is 1. The van der Waals surface area contributed by atoms with Crippen molar-refractivity contribution < 1.29 is 14.5 Å². The minimum absolute atomic E-state index is 0. The molecule has 1 aromatic carbocycles. The summed E-state index contributed by atoms with van der Waals surface area (Å²) in [6.07, 6.45) is 4.09. The van der Waals surface area contributed by atoms with E-state index in [9.17, 15) is 14.9 Å². The molecule has 1 amide bonds. The molecule has 2 rings (SSSR count). The van der Waals surface area contributed by atoms with Crippen LogP contribution >= 0.6 is 12.4 Å². The van der Waals surface area contributed by atoms with Crippen molar-refractivity contribution in [2.75, 3.05) is 13.2 Å². The van der Waals surface area contributed by atoms with Crippen LogP contribution in [0.3, 0.4) is 0 Å². The highest BCUT2D eigenvalue weighted by Crippen LogP contribution is 2.29. The molecule has 1 saturated carbocycles. The molecular formula is C16H24ClN3O4. The summed E-state index contributed by atoms with van der Waals surface area (Å²) in [6, 6.07) is 4.32. The highest BCUT2D eigenvalue weighted by atomic mass is 35.5. The third kappa shape index (κ3) is 4.82. The van der Waals surface area contributed by atoms with Gasteiger partial charge in [-0.25, -0.2) is 0 Å². The molecule has 0 aliphatic heterocycles. The number of carbonyl (C=O) groups excluding carboxylic acids is 1. The van der Waals surface area contributed by atoms with Gasteiger partial charge in [-0.1, -0.05) is 12.8 Å². The molecule has 0 aromatic heterocycles. The Morgan fingerprint density at radius 2 is 2.12 bits per heavy atom.